The summed E-state index contributed by atoms with van der Waals surface area (Å²) in [5.74, 6) is 0. The maximum absolute atomic E-state index is 5.72. The van der Waals surface area contributed by atoms with Crippen LogP contribution in [0.25, 0.3) is 0 Å². The zero-order valence-electron chi connectivity index (χ0n) is 9.43. The van der Waals surface area contributed by atoms with E-state index in [9.17, 15) is 0 Å². The van der Waals surface area contributed by atoms with Crippen LogP contribution in [0.5, 0.6) is 0 Å². The van der Waals surface area contributed by atoms with Crippen LogP contribution in [0.2, 0.25) is 6.55 Å². The average molecular weight is 203 g/mol. The van der Waals surface area contributed by atoms with Crippen molar-refractivity contribution >= 4 is 9.28 Å². The maximum atomic E-state index is 5.72. The second-order valence-electron chi connectivity index (χ2n) is 3.35. The number of rotatable bonds is 8. The van der Waals surface area contributed by atoms with Gasteiger partial charge in [-0.2, -0.15) is 0 Å². The lowest BCUT2D eigenvalue weighted by Crippen LogP contribution is -2.24. The van der Waals surface area contributed by atoms with Crippen LogP contribution < -0.4 is 0 Å². The molecule has 0 saturated carbocycles. The van der Waals surface area contributed by atoms with E-state index in [1.54, 1.807) is 0 Å². The summed E-state index contributed by atoms with van der Waals surface area (Å²) >= 11 is 0. The first-order chi connectivity index (χ1) is 6.20. The summed E-state index contributed by atoms with van der Waals surface area (Å²) in [5, 5.41) is 0. The van der Waals surface area contributed by atoms with Crippen LogP contribution in [0.1, 0.15) is 46.5 Å². The second-order valence-corrected chi connectivity index (χ2v) is 4.86. The van der Waals surface area contributed by atoms with Crippen molar-refractivity contribution in [1.82, 2.24) is 0 Å². The highest BCUT2D eigenvalue weighted by Gasteiger charge is 2.11. The van der Waals surface area contributed by atoms with Gasteiger partial charge in [0, 0.05) is 12.7 Å². The van der Waals surface area contributed by atoms with Crippen molar-refractivity contribution in [3.05, 3.63) is 0 Å². The molecule has 1 radical (unpaired) electrons. The molecule has 0 amide bonds. The third kappa shape index (κ3) is 8.47. The summed E-state index contributed by atoms with van der Waals surface area (Å²) in [7, 11) is -0.976. The van der Waals surface area contributed by atoms with Crippen LogP contribution >= 0.6 is 0 Å². The van der Waals surface area contributed by atoms with Crippen molar-refractivity contribution in [2.45, 2.75) is 59.1 Å². The Morgan fingerprint density at radius 1 is 1.23 bits per heavy atom. The van der Waals surface area contributed by atoms with Gasteiger partial charge in [0.25, 0.3) is 0 Å². The number of hydrogen-bond acceptors (Lipinski definition) is 2. The lowest BCUT2D eigenvalue weighted by atomic mass is 10.1. The highest BCUT2D eigenvalue weighted by Crippen LogP contribution is 2.07. The van der Waals surface area contributed by atoms with Gasteiger partial charge in [0.1, 0.15) is 0 Å². The van der Waals surface area contributed by atoms with E-state index in [1.165, 1.54) is 25.7 Å². The van der Waals surface area contributed by atoms with E-state index >= 15 is 0 Å². The predicted octanol–water partition coefficient (Wildman–Crippen LogP) is 3.13. The third-order valence-corrected chi connectivity index (χ3v) is 3.36. The van der Waals surface area contributed by atoms with E-state index in [2.05, 4.69) is 20.4 Å². The first-order valence-electron chi connectivity index (χ1n) is 5.33. The van der Waals surface area contributed by atoms with Gasteiger partial charge in [0.15, 0.2) is 0 Å². The van der Waals surface area contributed by atoms with Crippen molar-refractivity contribution in [3.63, 3.8) is 0 Å². The molecule has 79 valence electrons. The van der Waals surface area contributed by atoms with Gasteiger partial charge in [0.05, 0.1) is 0 Å². The number of unbranched alkanes of at least 4 members (excludes halogenated alkanes) is 2. The van der Waals surface area contributed by atoms with E-state index < -0.39 is 9.28 Å². The van der Waals surface area contributed by atoms with Crippen LogP contribution in [-0.4, -0.2) is 22.0 Å². The van der Waals surface area contributed by atoms with Crippen molar-refractivity contribution in [2.75, 3.05) is 6.61 Å². The molecule has 0 aromatic rings. The summed E-state index contributed by atoms with van der Waals surface area (Å²) in [4.78, 5) is 0. The fourth-order valence-corrected chi connectivity index (χ4v) is 2.42. The Morgan fingerprint density at radius 2 is 1.92 bits per heavy atom. The van der Waals surface area contributed by atoms with Gasteiger partial charge >= 0.3 is 9.28 Å². The summed E-state index contributed by atoms with van der Waals surface area (Å²) < 4.78 is 11.1. The van der Waals surface area contributed by atoms with E-state index in [0.29, 0.717) is 6.10 Å². The van der Waals surface area contributed by atoms with E-state index in [0.717, 1.165) is 6.61 Å². The monoisotopic (exact) mass is 203 g/mol. The van der Waals surface area contributed by atoms with Crippen LogP contribution in [0.15, 0.2) is 0 Å². The van der Waals surface area contributed by atoms with Crippen LogP contribution in [0, 0.1) is 0 Å². The molecular weight excluding hydrogens is 180 g/mol. The Balaban J connectivity index is 3.32. The Kier molecular flexibility index (Phi) is 8.81. The van der Waals surface area contributed by atoms with Crippen molar-refractivity contribution in [2.24, 2.45) is 0 Å². The van der Waals surface area contributed by atoms with Gasteiger partial charge in [0.2, 0.25) is 0 Å². The Labute approximate surface area is 84.5 Å². The maximum Gasteiger partial charge on any atom is 0.381 e. The van der Waals surface area contributed by atoms with E-state index in [4.69, 9.17) is 8.85 Å². The van der Waals surface area contributed by atoms with Gasteiger partial charge in [-0.1, -0.05) is 26.2 Å². The zero-order valence-corrected chi connectivity index (χ0v) is 10.4. The topological polar surface area (TPSA) is 18.5 Å². The Bertz CT molecular complexity index is 109. The largest absolute Gasteiger partial charge is 0.394 e. The van der Waals surface area contributed by atoms with Crippen molar-refractivity contribution in [3.8, 4) is 0 Å². The minimum atomic E-state index is -0.976. The minimum absolute atomic E-state index is 0.372. The fourth-order valence-electron chi connectivity index (χ4n) is 1.26. The summed E-state index contributed by atoms with van der Waals surface area (Å²) in [5.41, 5.74) is 0. The molecule has 1 atom stereocenters. The lowest BCUT2D eigenvalue weighted by Gasteiger charge is -2.16. The van der Waals surface area contributed by atoms with E-state index in [-0.39, 0.29) is 0 Å². The molecule has 13 heavy (non-hydrogen) atoms. The molecular formula is C10H23O2Si. The van der Waals surface area contributed by atoms with Gasteiger partial charge in [-0.15, -0.1) is 0 Å². The second kappa shape index (κ2) is 8.72. The third-order valence-electron chi connectivity index (χ3n) is 1.93. The summed E-state index contributed by atoms with van der Waals surface area (Å²) in [6.45, 7) is 9.21. The molecule has 0 heterocycles. The minimum Gasteiger partial charge on any atom is -0.394 e. The smallest absolute Gasteiger partial charge is 0.381 e. The molecule has 0 fully saturated rings. The first-order valence-corrected chi connectivity index (χ1v) is 7.15. The standard InChI is InChI=1S/C10H23O2Si/c1-5-7-8-9-10(3)12-13(4)11-6-2/h10H,5-9H2,1-4H3. The highest BCUT2D eigenvalue weighted by atomic mass is 28.3. The Morgan fingerprint density at radius 3 is 2.46 bits per heavy atom. The number of hydrogen-bond donors (Lipinski definition) is 0. The van der Waals surface area contributed by atoms with Crippen LogP contribution in [0.3, 0.4) is 0 Å². The molecule has 2 nitrogen and oxygen atoms in total. The van der Waals surface area contributed by atoms with Crippen LogP contribution in [-0.2, 0) is 8.85 Å². The molecule has 0 aliphatic carbocycles. The summed E-state index contributed by atoms with van der Waals surface area (Å²) in [6.07, 6.45) is 5.41. The molecule has 0 spiro atoms. The zero-order chi connectivity index (χ0) is 10.1. The van der Waals surface area contributed by atoms with E-state index in [1.807, 2.05) is 6.92 Å². The molecule has 0 rings (SSSR count). The van der Waals surface area contributed by atoms with Gasteiger partial charge in [-0.3, -0.25) is 0 Å². The first kappa shape index (κ1) is 13.1. The van der Waals surface area contributed by atoms with Gasteiger partial charge < -0.3 is 8.85 Å². The van der Waals surface area contributed by atoms with Crippen LogP contribution in [0.4, 0.5) is 0 Å². The normalized spacial score (nSPS) is 13.6. The highest BCUT2D eigenvalue weighted by molar-refractivity contribution is 6.42. The molecule has 0 saturated heterocycles. The molecule has 0 aliphatic heterocycles. The summed E-state index contributed by atoms with van der Waals surface area (Å²) in [6, 6.07) is 0. The van der Waals surface area contributed by atoms with Crippen molar-refractivity contribution in [1.29, 1.82) is 0 Å². The molecule has 0 bridgehead atoms. The molecule has 0 aliphatic rings. The fraction of sp³-hybridized carbons (Fsp3) is 1.00. The molecule has 3 heteroatoms. The predicted molar refractivity (Wildman–Crippen MR) is 57.9 cm³/mol. The molecule has 0 N–H and O–H groups in total. The Hall–Kier alpha value is 0.137. The molecule has 1 unspecified atom stereocenters. The molecule has 0 aromatic heterocycles. The average Bonchev–Trinajstić information content (AvgIpc) is 2.05. The SMILES string of the molecule is CCCCCC(C)O[Si](C)OCC. The van der Waals surface area contributed by atoms with Crippen molar-refractivity contribution < 1.29 is 8.85 Å². The van der Waals surface area contributed by atoms with Gasteiger partial charge in [-0.05, 0) is 26.8 Å². The lowest BCUT2D eigenvalue weighted by molar-refractivity contribution is 0.146. The molecule has 0 aromatic carbocycles. The quantitative estimate of drug-likeness (QED) is 0.446. The van der Waals surface area contributed by atoms with Gasteiger partial charge in [-0.25, -0.2) is 0 Å².